The Labute approximate surface area is 86.5 Å². The molecule has 0 saturated heterocycles. The van der Waals surface area contributed by atoms with E-state index in [1.807, 2.05) is 6.21 Å². The summed E-state index contributed by atoms with van der Waals surface area (Å²) in [7, 11) is 1.68. The quantitative estimate of drug-likeness (QED) is 0.599. The molecule has 1 unspecified atom stereocenters. The van der Waals surface area contributed by atoms with Crippen molar-refractivity contribution in [1.29, 1.82) is 0 Å². The van der Waals surface area contributed by atoms with Gasteiger partial charge in [-0.2, -0.15) is 0 Å². The summed E-state index contributed by atoms with van der Waals surface area (Å²) in [5.41, 5.74) is 0. The summed E-state index contributed by atoms with van der Waals surface area (Å²) in [6.45, 7) is 7.97. The minimum atomic E-state index is -0.0278. The van der Waals surface area contributed by atoms with E-state index < -0.39 is 0 Å². The van der Waals surface area contributed by atoms with Crippen LogP contribution in [-0.2, 0) is 4.79 Å². The number of aliphatic imine (C=N–C) groups is 1. The molecule has 0 heterocycles. The second-order valence-corrected chi connectivity index (χ2v) is 3.44. The van der Waals surface area contributed by atoms with E-state index in [1.54, 1.807) is 7.05 Å². The average Bonchev–Trinajstić information content (AvgIpc) is 2.16. The standard InChI is InChI=1S/C11H20N2O/c1-5-7-10(3)8-12-9-11(14)13(4)6-2/h6,8,10H,2,5,7,9H2,1,3-4H3. The highest BCUT2D eigenvalue weighted by Gasteiger charge is 2.02. The van der Waals surface area contributed by atoms with Gasteiger partial charge in [-0.05, 0) is 18.5 Å². The van der Waals surface area contributed by atoms with E-state index in [2.05, 4.69) is 25.4 Å². The molecule has 0 saturated carbocycles. The number of hydrogen-bond donors (Lipinski definition) is 0. The summed E-state index contributed by atoms with van der Waals surface area (Å²) < 4.78 is 0. The van der Waals surface area contributed by atoms with Gasteiger partial charge in [0.25, 0.3) is 0 Å². The molecule has 1 atom stereocenters. The van der Waals surface area contributed by atoms with Crippen molar-refractivity contribution in [2.24, 2.45) is 10.9 Å². The largest absolute Gasteiger partial charge is 0.321 e. The van der Waals surface area contributed by atoms with Crippen LogP contribution in [0.1, 0.15) is 26.7 Å². The van der Waals surface area contributed by atoms with Crippen LogP contribution in [0.15, 0.2) is 17.8 Å². The SMILES string of the molecule is C=CN(C)C(=O)CN=CC(C)CCC. The molecule has 0 aromatic rings. The predicted octanol–water partition coefficient (Wildman–Crippen LogP) is 2.10. The summed E-state index contributed by atoms with van der Waals surface area (Å²) >= 11 is 0. The average molecular weight is 196 g/mol. The topological polar surface area (TPSA) is 32.7 Å². The van der Waals surface area contributed by atoms with Crippen molar-refractivity contribution in [1.82, 2.24) is 4.90 Å². The van der Waals surface area contributed by atoms with Gasteiger partial charge in [-0.25, -0.2) is 0 Å². The number of nitrogens with zero attached hydrogens (tertiary/aromatic N) is 2. The van der Waals surface area contributed by atoms with Crippen LogP contribution >= 0.6 is 0 Å². The number of amides is 1. The van der Waals surface area contributed by atoms with Crippen LogP contribution in [0, 0.1) is 5.92 Å². The summed E-state index contributed by atoms with van der Waals surface area (Å²) in [5.74, 6) is 0.432. The predicted molar refractivity (Wildman–Crippen MR) is 60.4 cm³/mol. The van der Waals surface area contributed by atoms with Gasteiger partial charge in [0.1, 0.15) is 6.54 Å². The molecule has 0 fully saturated rings. The Morgan fingerprint density at radius 2 is 2.29 bits per heavy atom. The maximum absolute atomic E-state index is 11.3. The second-order valence-electron chi connectivity index (χ2n) is 3.44. The van der Waals surface area contributed by atoms with E-state index in [0.717, 1.165) is 12.8 Å². The number of carbonyl (C=O) groups excluding carboxylic acids is 1. The zero-order valence-electron chi connectivity index (χ0n) is 9.36. The fourth-order valence-corrected chi connectivity index (χ4v) is 1.05. The van der Waals surface area contributed by atoms with Crippen LogP contribution in [-0.4, -0.2) is 30.6 Å². The first-order valence-corrected chi connectivity index (χ1v) is 5.00. The normalized spacial score (nSPS) is 12.8. The molecule has 0 spiro atoms. The van der Waals surface area contributed by atoms with E-state index in [9.17, 15) is 4.79 Å². The van der Waals surface area contributed by atoms with Crippen LogP contribution in [0.2, 0.25) is 0 Å². The minimum absolute atomic E-state index is 0.0278. The number of hydrogen-bond acceptors (Lipinski definition) is 2. The molecule has 14 heavy (non-hydrogen) atoms. The third-order valence-corrected chi connectivity index (χ3v) is 2.00. The van der Waals surface area contributed by atoms with Gasteiger partial charge in [0, 0.05) is 13.3 Å². The van der Waals surface area contributed by atoms with Crippen LogP contribution in [0.5, 0.6) is 0 Å². The maximum Gasteiger partial charge on any atom is 0.247 e. The van der Waals surface area contributed by atoms with Crippen molar-refractivity contribution in [2.75, 3.05) is 13.6 Å². The highest BCUT2D eigenvalue weighted by molar-refractivity contribution is 5.80. The first-order valence-electron chi connectivity index (χ1n) is 5.00. The molecule has 0 bridgehead atoms. The molecule has 0 N–H and O–H groups in total. The Morgan fingerprint density at radius 3 is 2.79 bits per heavy atom. The molecule has 3 heteroatoms. The van der Waals surface area contributed by atoms with Crippen LogP contribution in [0.3, 0.4) is 0 Å². The lowest BCUT2D eigenvalue weighted by Gasteiger charge is -2.08. The number of likely N-dealkylation sites (N-methyl/N-ethyl adjacent to an activating group) is 1. The first-order chi connectivity index (χ1) is 6.61. The van der Waals surface area contributed by atoms with E-state index in [4.69, 9.17) is 0 Å². The zero-order chi connectivity index (χ0) is 11.0. The molecular formula is C11H20N2O. The summed E-state index contributed by atoms with van der Waals surface area (Å²) in [6.07, 6.45) is 5.62. The molecule has 3 nitrogen and oxygen atoms in total. The molecule has 0 rings (SSSR count). The van der Waals surface area contributed by atoms with Gasteiger partial charge in [-0.15, -0.1) is 0 Å². The fraction of sp³-hybridized carbons (Fsp3) is 0.636. The fourth-order valence-electron chi connectivity index (χ4n) is 1.05. The lowest BCUT2D eigenvalue weighted by atomic mass is 10.1. The van der Waals surface area contributed by atoms with E-state index in [-0.39, 0.29) is 12.5 Å². The Kier molecular flexibility index (Phi) is 6.72. The Hall–Kier alpha value is -1.12. The van der Waals surface area contributed by atoms with Crippen molar-refractivity contribution in [3.8, 4) is 0 Å². The van der Waals surface area contributed by atoms with Gasteiger partial charge in [-0.3, -0.25) is 9.79 Å². The molecule has 0 aliphatic carbocycles. The molecule has 0 aliphatic heterocycles. The van der Waals surface area contributed by atoms with Crippen LogP contribution in [0.25, 0.3) is 0 Å². The molecule has 0 aliphatic rings. The third kappa shape index (κ3) is 5.51. The van der Waals surface area contributed by atoms with Crippen molar-refractivity contribution in [3.63, 3.8) is 0 Å². The van der Waals surface area contributed by atoms with Gasteiger partial charge in [0.15, 0.2) is 0 Å². The summed E-state index contributed by atoms with van der Waals surface area (Å²) in [6, 6.07) is 0. The van der Waals surface area contributed by atoms with Gasteiger partial charge >= 0.3 is 0 Å². The maximum atomic E-state index is 11.3. The summed E-state index contributed by atoms with van der Waals surface area (Å²) in [5, 5.41) is 0. The smallest absolute Gasteiger partial charge is 0.247 e. The summed E-state index contributed by atoms with van der Waals surface area (Å²) in [4.78, 5) is 16.8. The molecule has 0 aromatic carbocycles. The minimum Gasteiger partial charge on any atom is -0.321 e. The Bertz CT molecular complexity index is 211. The van der Waals surface area contributed by atoms with Gasteiger partial charge in [-0.1, -0.05) is 26.8 Å². The molecule has 0 radical (unpaired) electrons. The molecular weight excluding hydrogens is 176 g/mol. The van der Waals surface area contributed by atoms with E-state index in [0.29, 0.717) is 5.92 Å². The van der Waals surface area contributed by atoms with E-state index in [1.165, 1.54) is 11.1 Å². The highest BCUT2D eigenvalue weighted by Crippen LogP contribution is 2.01. The first kappa shape index (κ1) is 12.9. The third-order valence-electron chi connectivity index (χ3n) is 2.00. The second kappa shape index (κ2) is 7.30. The van der Waals surface area contributed by atoms with Crippen molar-refractivity contribution in [3.05, 3.63) is 12.8 Å². The van der Waals surface area contributed by atoms with E-state index >= 15 is 0 Å². The molecule has 1 amide bonds. The monoisotopic (exact) mass is 196 g/mol. The van der Waals surface area contributed by atoms with Crippen molar-refractivity contribution >= 4 is 12.1 Å². The van der Waals surface area contributed by atoms with Crippen molar-refractivity contribution < 1.29 is 4.79 Å². The zero-order valence-corrected chi connectivity index (χ0v) is 9.36. The number of carbonyl (C=O) groups is 1. The van der Waals surface area contributed by atoms with Crippen LogP contribution < -0.4 is 0 Å². The van der Waals surface area contributed by atoms with Crippen molar-refractivity contribution in [2.45, 2.75) is 26.7 Å². The van der Waals surface area contributed by atoms with Gasteiger partial charge < -0.3 is 4.90 Å². The Balaban J connectivity index is 3.81. The Morgan fingerprint density at radius 1 is 1.64 bits per heavy atom. The lowest BCUT2D eigenvalue weighted by molar-refractivity contribution is -0.125. The highest BCUT2D eigenvalue weighted by atomic mass is 16.2. The number of rotatable bonds is 6. The van der Waals surface area contributed by atoms with Gasteiger partial charge in [0.2, 0.25) is 5.91 Å². The van der Waals surface area contributed by atoms with Crippen LogP contribution in [0.4, 0.5) is 0 Å². The van der Waals surface area contributed by atoms with Gasteiger partial charge in [0.05, 0.1) is 0 Å². The molecule has 0 aromatic heterocycles. The molecule has 80 valence electrons. The lowest BCUT2D eigenvalue weighted by Crippen LogP contribution is -2.23.